The fraction of sp³-hybridized carbons (Fsp3) is 0.500. The van der Waals surface area contributed by atoms with E-state index < -0.39 is 0 Å². The molecule has 2 rings (SSSR count). The molecular formula is C12H15ClO2. The molecule has 1 saturated heterocycles. The Morgan fingerprint density at radius 2 is 2.13 bits per heavy atom. The number of rotatable bonds is 3. The molecule has 1 aromatic rings. The number of hydrogen-bond donors (Lipinski definition) is 1. The first-order chi connectivity index (χ1) is 7.25. The molecule has 0 bridgehead atoms. The molecule has 0 saturated carbocycles. The number of ether oxygens (including phenoxy) is 1. The molecule has 0 amide bonds. The predicted molar refractivity (Wildman–Crippen MR) is 60.1 cm³/mol. The van der Waals surface area contributed by atoms with E-state index in [1.165, 1.54) is 0 Å². The molecule has 2 atom stereocenters. The average Bonchev–Trinajstić information content (AvgIpc) is 2.74. The molecule has 3 heteroatoms. The number of aliphatic hydroxyl groups excluding tert-OH is 1. The van der Waals surface area contributed by atoms with Crippen LogP contribution in [0.2, 0.25) is 5.02 Å². The zero-order chi connectivity index (χ0) is 10.7. The first kappa shape index (κ1) is 10.9. The Morgan fingerprint density at radius 1 is 1.40 bits per heavy atom. The van der Waals surface area contributed by atoms with E-state index in [1.54, 1.807) is 0 Å². The summed E-state index contributed by atoms with van der Waals surface area (Å²) in [6, 6.07) is 7.63. The fourth-order valence-electron chi connectivity index (χ4n) is 1.88. The highest BCUT2D eigenvalue weighted by molar-refractivity contribution is 6.30. The molecule has 82 valence electrons. The highest BCUT2D eigenvalue weighted by Crippen LogP contribution is 2.20. The molecule has 1 aromatic carbocycles. The molecule has 2 unspecified atom stereocenters. The van der Waals surface area contributed by atoms with E-state index in [2.05, 4.69) is 0 Å². The normalized spacial score (nSPS) is 22.9. The van der Waals surface area contributed by atoms with Crippen LogP contribution in [-0.4, -0.2) is 24.4 Å². The minimum Gasteiger partial charge on any atom is -0.392 e. The van der Waals surface area contributed by atoms with Crippen molar-refractivity contribution in [3.05, 3.63) is 34.9 Å². The zero-order valence-corrected chi connectivity index (χ0v) is 9.28. The molecule has 0 aromatic heterocycles. The van der Waals surface area contributed by atoms with Crippen LogP contribution < -0.4 is 0 Å². The second-order valence-electron chi connectivity index (χ2n) is 4.02. The molecular weight excluding hydrogens is 212 g/mol. The second kappa shape index (κ2) is 4.97. The van der Waals surface area contributed by atoms with Crippen molar-refractivity contribution in [1.82, 2.24) is 0 Å². The number of benzene rings is 1. The first-order valence-corrected chi connectivity index (χ1v) is 5.64. The Labute approximate surface area is 94.8 Å². The number of hydrogen-bond acceptors (Lipinski definition) is 2. The average molecular weight is 227 g/mol. The van der Waals surface area contributed by atoms with Crippen molar-refractivity contribution in [3.8, 4) is 0 Å². The van der Waals surface area contributed by atoms with E-state index >= 15 is 0 Å². The van der Waals surface area contributed by atoms with E-state index in [1.807, 2.05) is 24.3 Å². The minimum atomic E-state index is -0.298. The van der Waals surface area contributed by atoms with Crippen molar-refractivity contribution >= 4 is 11.6 Å². The summed E-state index contributed by atoms with van der Waals surface area (Å²) >= 11 is 5.79. The lowest BCUT2D eigenvalue weighted by atomic mass is 9.96. The van der Waals surface area contributed by atoms with E-state index in [-0.39, 0.29) is 6.10 Å². The van der Waals surface area contributed by atoms with E-state index in [9.17, 15) is 5.11 Å². The highest BCUT2D eigenvalue weighted by Gasteiger charge is 2.23. The van der Waals surface area contributed by atoms with Crippen molar-refractivity contribution in [2.75, 3.05) is 13.2 Å². The van der Waals surface area contributed by atoms with Gasteiger partial charge in [0.05, 0.1) is 12.7 Å². The standard InChI is InChI=1S/C12H15ClO2/c13-11-3-1-9(2-4-11)7-12(14)10-5-6-15-8-10/h1-4,10,12,14H,5-8H2. The Morgan fingerprint density at radius 3 is 2.73 bits per heavy atom. The van der Waals surface area contributed by atoms with E-state index in [0.717, 1.165) is 23.6 Å². The smallest absolute Gasteiger partial charge is 0.0631 e. The van der Waals surface area contributed by atoms with Crippen LogP contribution in [0.15, 0.2) is 24.3 Å². The van der Waals surface area contributed by atoms with E-state index in [0.29, 0.717) is 18.9 Å². The third-order valence-electron chi connectivity index (χ3n) is 2.87. The van der Waals surface area contributed by atoms with Gasteiger partial charge in [-0.05, 0) is 30.5 Å². The van der Waals surface area contributed by atoms with Crippen LogP contribution in [0.1, 0.15) is 12.0 Å². The molecule has 0 radical (unpaired) electrons. The first-order valence-electron chi connectivity index (χ1n) is 5.26. The van der Waals surface area contributed by atoms with Gasteiger partial charge in [0.2, 0.25) is 0 Å². The topological polar surface area (TPSA) is 29.5 Å². The quantitative estimate of drug-likeness (QED) is 0.857. The lowest BCUT2D eigenvalue weighted by Crippen LogP contribution is -2.22. The Hall–Kier alpha value is -0.570. The summed E-state index contributed by atoms with van der Waals surface area (Å²) in [6.07, 6.45) is 1.36. The van der Waals surface area contributed by atoms with Crippen LogP contribution in [0.25, 0.3) is 0 Å². The summed E-state index contributed by atoms with van der Waals surface area (Å²) in [5.74, 6) is 0.292. The van der Waals surface area contributed by atoms with Crippen molar-refractivity contribution in [2.24, 2.45) is 5.92 Å². The molecule has 1 heterocycles. The van der Waals surface area contributed by atoms with E-state index in [4.69, 9.17) is 16.3 Å². The lowest BCUT2D eigenvalue weighted by Gasteiger charge is -2.16. The van der Waals surface area contributed by atoms with Gasteiger partial charge in [-0.25, -0.2) is 0 Å². The third kappa shape index (κ3) is 2.94. The minimum absolute atomic E-state index is 0.292. The molecule has 1 aliphatic rings. The maximum atomic E-state index is 9.96. The summed E-state index contributed by atoms with van der Waals surface area (Å²) in [4.78, 5) is 0. The van der Waals surface area contributed by atoms with Gasteiger partial charge < -0.3 is 9.84 Å². The summed E-state index contributed by atoms with van der Waals surface area (Å²) in [5, 5.41) is 10.7. The van der Waals surface area contributed by atoms with Crippen LogP contribution in [0.4, 0.5) is 0 Å². The van der Waals surface area contributed by atoms with Crippen molar-refractivity contribution < 1.29 is 9.84 Å². The maximum absolute atomic E-state index is 9.96. The van der Waals surface area contributed by atoms with Gasteiger partial charge in [-0.1, -0.05) is 23.7 Å². The summed E-state index contributed by atoms with van der Waals surface area (Å²) < 4.78 is 5.25. The molecule has 1 aliphatic heterocycles. The van der Waals surface area contributed by atoms with Crippen LogP contribution in [-0.2, 0) is 11.2 Å². The van der Waals surface area contributed by atoms with Crippen molar-refractivity contribution in [1.29, 1.82) is 0 Å². The molecule has 1 fully saturated rings. The third-order valence-corrected chi connectivity index (χ3v) is 3.12. The highest BCUT2D eigenvalue weighted by atomic mass is 35.5. The number of aliphatic hydroxyl groups is 1. The molecule has 0 spiro atoms. The maximum Gasteiger partial charge on any atom is 0.0631 e. The summed E-state index contributed by atoms with van der Waals surface area (Å²) in [5.41, 5.74) is 1.12. The molecule has 15 heavy (non-hydrogen) atoms. The van der Waals surface area contributed by atoms with Gasteiger partial charge in [0.1, 0.15) is 0 Å². The largest absolute Gasteiger partial charge is 0.392 e. The van der Waals surface area contributed by atoms with Crippen LogP contribution in [0, 0.1) is 5.92 Å². The molecule has 1 N–H and O–H groups in total. The molecule has 0 aliphatic carbocycles. The Bertz CT molecular complexity index is 304. The van der Waals surface area contributed by atoms with Gasteiger partial charge in [0, 0.05) is 17.5 Å². The monoisotopic (exact) mass is 226 g/mol. The van der Waals surface area contributed by atoms with Gasteiger partial charge in [-0.15, -0.1) is 0 Å². The SMILES string of the molecule is OC(Cc1ccc(Cl)cc1)C1CCOC1. The lowest BCUT2D eigenvalue weighted by molar-refractivity contribution is 0.0919. The molecule has 2 nitrogen and oxygen atoms in total. The second-order valence-corrected chi connectivity index (χ2v) is 4.46. The van der Waals surface area contributed by atoms with Crippen LogP contribution in [0.3, 0.4) is 0 Å². The summed E-state index contributed by atoms with van der Waals surface area (Å²) in [7, 11) is 0. The van der Waals surface area contributed by atoms with Crippen molar-refractivity contribution in [2.45, 2.75) is 18.9 Å². The van der Waals surface area contributed by atoms with Crippen molar-refractivity contribution in [3.63, 3.8) is 0 Å². The Balaban J connectivity index is 1.92. The van der Waals surface area contributed by atoms with Gasteiger partial charge in [-0.3, -0.25) is 0 Å². The zero-order valence-electron chi connectivity index (χ0n) is 8.53. The summed E-state index contributed by atoms with van der Waals surface area (Å²) in [6.45, 7) is 1.47. The Kier molecular flexibility index (Phi) is 3.62. The van der Waals surface area contributed by atoms with Gasteiger partial charge in [0.15, 0.2) is 0 Å². The predicted octanol–water partition coefficient (Wildman–Crippen LogP) is 2.28. The van der Waals surface area contributed by atoms with Gasteiger partial charge >= 0.3 is 0 Å². The number of halogens is 1. The van der Waals surface area contributed by atoms with Crippen LogP contribution >= 0.6 is 11.6 Å². The van der Waals surface area contributed by atoms with Crippen LogP contribution in [0.5, 0.6) is 0 Å². The van der Waals surface area contributed by atoms with Gasteiger partial charge in [-0.2, -0.15) is 0 Å². The fourth-order valence-corrected chi connectivity index (χ4v) is 2.01. The van der Waals surface area contributed by atoms with Gasteiger partial charge in [0.25, 0.3) is 0 Å².